The second kappa shape index (κ2) is 5.23. The van der Waals surface area contributed by atoms with Gasteiger partial charge in [0.1, 0.15) is 4.64 Å². The zero-order chi connectivity index (χ0) is 12.3. The van der Waals surface area contributed by atoms with Gasteiger partial charge in [-0.2, -0.15) is 5.10 Å². The molecule has 0 spiro atoms. The number of hydrogen-bond acceptors (Lipinski definition) is 3. The summed E-state index contributed by atoms with van der Waals surface area (Å²) in [5, 5.41) is 4.33. The van der Waals surface area contributed by atoms with E-state index < -0.39 is 0 Å². The van der Waals surface area contributed by atoms with E-state index in [9.17, 15) is 0 Å². The predicted molar refractivity (Wildman–Crippen MR) is 70.3 cm³/mol. The number of hydrogen-bond donors (Lipinski definition) is 1. The van der Waals surface area contributed by atoms with Gasteiger partial charge in [-0.05, 0) is 12.8 Å². The van der Waals surface area contributed by atoms with Gasteiger partial charge in [-0.15, -0.1) is 0 Å². The summed E-state index contributed by atoms with van der Waals surface area (Å²) >= 11 is 5.24. The fourth-order valence-electron chi connectivity index (χ4n) is 1.86. The molecule has 1 N–H and O–H groups in total. The quantitative estimate of drug-likeness (QED) is 0.846. The molecule has 90 valence electrons. The minimum atomic E-state index is 0.671. The lowest BCUT2D eigenvalue weighted by atomic mass is 10.1. The highest BCUT2D eigenvalue weighted by atomic mass is 32.1. The fourth-order valence-corrected chi connectivity index (χ4v) is 2.16. The molecule has 0 saturated carbocycles. The largest absolute Gasteiger partial charge is 0.345 e. The van der Waals surface area contributed by atoms with E-state index in [4.69, 9.17) is 12.2 Å². The van der Waals surface area contributed by atoms with Crippen LogP contribution in [0.5, 0.6) is 0 Å². The zero-order valence-electron chi connectivity index (χ0n) is 10.1. The Morgan fingerprint density at radius 3 is 2.94 bits per heavy atom. The first kappa shape index (κ1) is 12.0. The lowest BCUT2D eigenvalue weighted by Crippen LogP contribution is -1.96. The molecule has 0 bridgehead atoms. The van der Waals surface area contributed by atoms with Crippen LogP contribution in [0.4, 0.5) is 0 Å². The number of rotatable bonds is 4. The van der Waals surface area contributed by atoms with Gasteiger partial charge in [-0.3, -0.25) is 4.68 Å². The van der Waals surface area contributed by atoms with Crippen LogP contribution in [-0.2, 0) is 13.0 Å². The van der Waals surface area contributed by atoms with Crippen LogP contribution >= 0.6 is 12.2 Å². The van der Waals surface area contributed by atoms with Crippen LogP contribution in [-0.4, -0.2) is 19.7 Å². The Morgan fingerprint density at radius 2 is 2.24 bits per heavy atom. The highest BCUT2D eigenvalue weighted by Crippen LogP contribution is 2.21. The van der Waals surface area contributed by atoms with Crippen molar-refractivity contribution in [2.24, 2.45) is 0 Å². The average molecular weight is 248 g/mol. The van der Waals surface area contributed by atoms with Gasteiger partial charge < -0.3 is 4.98 Å². The van der Waals surface area contributed by atoms with Crippen LogP contribution in [0.25, 0.3) is 11.3 Å². The molecule has 17 heavy (non-hydrogen) atoms. The van der Waals surface area contributed by atoms with E-state index in [1.165, 1.54) is 0 Å². The summed E-state index contributed by atoms with van der Waals surface area (Å²) in [7, 11) is 0. The third-order valence-electron chi connectivity index (χ3n) is 2.68. The molecule has 0 aliphatic carbocycles. The predicted octanol–water partition coefficient (Wildman–Crippen LogP) is 2.98. The Balaban J connectivity index is 2.45. The van der Waals surface area contributed by atoms with Crippen molar-refractivity contribution in [3.8, 4) is 11.3 Å². The molecule has 4 nitrogen and oxygen atoms in total. The zero-order valence-corrected chi connectivity index (χ0v) is 10.9. The number of aromatic amines is 1. The normalized spacial score (nSPS) is 10.7. The van der Waals surface area contributed by atoms with Crippen molar-refractivity contribution >= 4 is 12.2 Å². The first-order valence-corrected chi connectivity index (χ1v) is 6.26. The molecular formula is C12H16N4S. The summed E-state index contributed by atoms with van der Waals surface area (Å²) < 4.78 is 2.62. The monoisotopic (exact) mass is 248 g/mol. The highest BCUT2D eigenvalue weighted by Gasteiger charge is 2.08. The van der Waals surface area contributed by atoms with Gasteiger partial charge in [0.2, 0.25) is 0 Å². The summed E-state index contributed by atoms with van der Waals surface area (Å²) in [6.45, 7) is 5.16. The van der Waals surface area contributed by atoms with Gasteiger partial charge in [-0.25, -0.2) is 4.98 Å². The molecule has 2 rings (SSSR count). The molecule has 0 fully saturated rings. The van der Waals surface area contributed by atoms with E-state index in [1.807, 2.05) is 17.1 Å². The third-order valence-corrected chi connectivity index (χ3v) is 3.03. The number of H-pyrrole nitrogens is 1. The Labute approximate surface area is 106 Å². The first-order chi connectivity index (χ1) is 8.26. The highest BCUT2D eigenvalue weighted by molar-refractivity contribution is 7.71. The van der Waals surface area contributed by atoms with Crippen molar-refractivity contribution in [2.45, 2.75) is 33.2 Å². The molecule has 0 saturated heterocycles. The molecule has 2 aromatic heterocycles. The van der Waals surface area contributed by atoms with E-state index in [1.54, 1.807) is 6.33 Å². The Hall–Kier alpha value is -1.49. The number of aromatic nitrogens is 4. The van der Waals surface area contributed by atoms with Crippen LogP contribution in [0.15, 0.2) is 18.7 Å². The van der Waals surface area contributed by atoms with Crippen molar-refractivity contribution < 1.29 is 0 Å². The number of nitrogens with one attached hydrogen (secondary N) is 1. The minimum Gasteiger partial charge on any atom is -0.345 e. The van der Waals surface area contributed by atoms with Crippen molar-refractivity contribution in [3.63, 3.8) is 0 Å². The fraction of sp³-hybridized carbons (Fsp3) is 0.417. The Bertz CT molecular complexity index is 556. The first-order valence-electron chi connectivity index (χ1n) is 5.85. The SMILES string of the molecule is CCCn1cc(-c2[nH]cnc(=S)c2CC)cn1. The molecule has 2 aromatic rings. The van der Waals surface area contributed by atoms with Gasteiger partial charge >= 0.3 is 0 Å². The van der Waals surface area contributed by atoms with Crippen LogP contribution in [0, 0.1) is 4.64 Å². The molecule has 0 radical (unpaired) electrons. The van der Waals surface area contributed by atoms with E-state index in [0.717, 1.165) is 36.2 Å². The van der Waals surface area contributed by atoms with Crippen LogP contribution < -0.4 is 0 Å². The Morgan fingerprint density at radius 1 is 1.41 bits per heavy atom. The second-order valence-electron chi connectivity index (χ2n) is 3.91. The lowest BCUT2D eigenvalue weighted by molar-refractivity contribution is 0.603. The molecule has 2 heterocycles. The lowest BCUT2D eigenvalue weighted by Gasteiger charge is -2.04. The van der Waals surface area contributed by atoms with Crippen LogP contribution in [0.1, 0.15) is 25.8 Å². The maximum absolute atomic E-state index is 5.24. The summed E-state index contributed by atoms with van der Waals surface area (Å²) in [4.78, 5) is 7.28. The van der Waals surface area contributed by atoms with E-state index >= 15 is 0 Å². The van der Waals surface area contributed by atoms with Crippen molar-refractivity contribution in [1.29, 1.82) is 0 Å². The van der Waals surface area contributed by atoms with Crippen LogP contribution in [0.3, 0.4) is 0 Å². The second-order valence-corrected chi connectivity index (χ2v) is 4.29. The molecule has 5 heteroatoms. The third kappa shape index (κ3) is 2.44. The summed E-state index contributed by atoms with van der Waals surface area (Å²) in [5.74, 6) is 0. The average Bonchev–Trinajstić information content (AvgIpc) is 2.78. The summed E-state index contributed by atoms with van der Waals surface area (Å²) in [5.41, 5.74) is 3.19. The van der Waals surface area contributed by atoms with Gasteiger partial charge in [-0.1, -0.05) is 26.1 Å². The van der Waals surface area contributed by atoms with E-state index in [0.29, 0.717) is 4.64 Å². The maximum atomic E-state index is 5.24. The van der Waals surface area contributed by atoms with Gasteiger partial charge in [0.05, 0.1) is 18.2 Å². The molecule has 0 atom stereocenters. The number of aryl methyl sites for hydroxylation is 1. The topological polar surface area (TPSA) is 46.5 Å². The molecule has 0 aliphatic rings. The summed E-state index contributed by atoms with van der Waals surface area (Å²) in [6, 6.07) is 0. The number of nitrogens with zero attached hydrogens (tertiary/aromatic N) is 3. The van der Waals surface area contributed by atoms with Crippen molar-refractivity contribution in [2.75, 3.05) is 0 Å². The van der Waals surface area contributed by atoms with Gasteiger partial charge in [0.25, 0.3) is 0 Å². The molecule has 0 unspecified atom stereocenters. The van der Waals surface area contributed by atoms with E-state index in [2.05, 4.69) is 28.9 Å². The standard InChI is InChI=1S/C12H16N4S/c1-3-5-16-7-9(6-15-16)11-10(4-2)12(17)14-8-13-11/h6-8H,3-5H2,1-2H3,(H,13,14,17). The Kier molecular flexibility index (Phi) is 3.68. The maximum Gasteiger partial charge on any atom is 0.133 e. The molecule has 0 amide bonds. The van der Waals surface area contributed by atoms with Gasteiger partial charge in [0, 0.05) is 23.9 Å². The smallest absolute Gasteiger partial charge is 0.133 e. The van der Waals surface area contributed by atoms with Crippen molar-refractivity contribution in [3.05, 3.63) is 28.9 Å². The molecule has 0 aliphatic heterocycles. The molecular weight excluding hydrogens is 232 g/mol. The van der Waals surface area contributed by atoms with E-state index in [-0.39, 0.29) is 0 Å². The van der Waals surface area contributed by atoms with Crippen molar-refractivity contribution in [1.82, 2.24) is 19.7 Å². The molecule has 0 aromatic carbocycles. The minimum absolute atomic E-state index is 0.671. The van der Waals surface area contributed by atoms with Crippen LogP contribution in [0.2, 0.25) is 0 Å². The summed E-state index contributed by atoms with van der Waals surface area (Å²) in [6.07, 6.45) is 7.51. The van der Waals surface area contributed by atoms with Gasteiger partial charge in [0.15, 0.2) is 0 Å².